The summed E-state index contributed by atoms with van der Waals surface area (Å²) in [6.45, 7) is 7.87. The quantitative estimate of drug-likeness (QED) is 0.820. The van der Waals surface area contributed by atoms with E-state index in [1.807, 2.05) is 25.1 Å². The van der Waals surface area contributed by atoms with Crippen LogP contribution in [0.4, 0.5) is 0 Å². The van der Waals surface area contributed by atoms with Crippen LogP contribution < -0.4 is 0 Å². The molecule has 1 aromatic carbocycles. The van der Waals surface area contributed by atoms with E-state index in [-0.39, 0.29) is 5.97 Å². The van der Waals surface area contributed by atoms with Gasteiger partial charge in [0.05, 0.1) is 17.9 Å². The first-order valence-electron chi connectivity index (χ1n) is 5.59. The minimum atomic E-state index is -0.303. The summed E-state index contributed by atoms with van der Waals surface area (Å²) >= 11 is 0. The normalized spacial score (nSPS) is 10.5. The van der Waals surface area contributed by atoms with Crippen molar-refractivity contribution in [3.8, 4) is 0 Å². The van der Waals surface area contributed by atoms with E-state index in [0.29, 0.717) is 17.9 Å². The number of rotatable bonds is 3. The first kappa shape index (κ1) is 11.5. The molecule has 0 aliphatic heterocycles. The van der Waals surface area contributed by atoms with Gasteiger partial charge in [0.15, 0.2) is 0 Å². The molecule has 2 aromatic rings. The Kier molecular flexibility index (Phi) is 3.00. The number of fused-ring (bicyclic) bond motifs is 1. The van der Waals surface area contributed by atoms with E-state index in [1.165, 1.54) is 0 Å². The van der Waals surface area contributed by atoms with Crippen molar-refractivity contribution in [3.05, 3.63) is 41.6 Å². The molecule has 0 radical (unpaired) electrons. The number of hydrogen-bond donors (Lipinski definition) is 1. The number of ether oxygens (including phenoxy) is 1. The standard InChI is InChI=1S/C14H15NO2/c1-4-10-13(14(16)17-5-2)12-9(3)7-6-8-11(12)15-10/h4,6-8,15H,1,5H2,2-3H3. The molecule has 1 aromatic heterocycles. The second-order valence-corrected chi connectivity index (χ2v) is 3.84. The number of carbonyl (C=O) groups is 1. The number of benzene rings is 1. The Morgan fingerprint density at radius 1 is 1.53 bits per heavy atom. The summed E-state index contributed by atoms with van der Waals surface area (Å²) < 4.78 is 5.09. The molecule has 88 valence electrons. The molecule has 3 nitrogen and oxygen atoms in total. The van der Waals surface area contributed by atoms with Gasteiger partial charge in [0, 0.05) is 10.9 Å². The zero-order valence-corrected chi connectivity index (χ0v) is 10.0. The van der Waals surface area contributed by atoms with Gasteiger partial charge in [-0.1, -0.05) is 18.7 Å². The van der Waals surface area contributed by atoms with Crippen LogP contribution in [0.3, 0.4) is 0 Å². The lowest BCUT2D eigenvalue weighted by atomic mass is 10.1. The highest BCUT2D eigenvalue weighted by molar-refractivity contribution is 6.08. The maximum absolute atomic E-state index is 12.0. The molecule has 0 bridgehead atoms. The number of aromatic nitrogens is 1. The molecule has 2 rings (SSSR count). The Morgan fingerprint density at radius 2 is 2.29 bits per heavy atom. The Labute approximate surface area is 100 Å². The molecule has 3 heteroatoms. The summed E-state index contributed by atoms with van der Waals surface area (Å²) in [5.74, 6) is -0.303. The van der Waals surface area contributed by atoms with Crippen LogP contribution in [-0.2, 0) is 4.74 Å². The molecule has 0 aliphatic rings. The topological polar surface area (TPSA) is 42.1 Å². The Balaban J connectivity index is 2.73. The predicted molar refractivity (Wildman–Crippen MR) is 69.1 cm³/mol. The molecule has 1 heterocycles. The molecule has 0 saturated carbocycles. The molecule has 0 saturated heterocycles. The molecule has 17 heavy (non-hydrogen) atoms. The third-order valence-electron chi connectivity index (χ3n) is 2.75. The molecular weight excluding hydrogens is 214 g/mol. The number of esters is 1. The minimum absolute atomic E-state index is 0.303. The van der Waals surface area contributed by atoms with Gasteiger partial charge in [-0.15, -0.1) is 0 Å². The molecular formula is C14H15NO2. The van der Waals surface area contributed by atoms with E-state index >= 15 is 0 Å². The van der Waals surface area contributed by atoms with Crippen LogP contribution in [0.15, 0.2) is 24.8 Å². The van der Waals surface area contributed by atoms with E-state index < -0.39 is 0 Å². The summed E-state index contributed by atoms with van der Waals surface area (Å²) in [4.78, 5) is 15.1. The fourth-order valence-electron chi connectivity index (χ4n) is 2.01. The van der Waals surface area contributed by atoms with E-state index in [9.17, 15) is 4.79 Å². The fourth-order valence-corrected chi connectivity index (χ4v) is 2.01. The molecule has 0 fully saturated rings. The highest BCUT2D eigenvalue weighted by atomic mass is 16.5. The van der Waals surface area contributed by atoms with Gasteiger partial charge in [-0.2, -0.15) is 0 Å². The SMILES string of the molecule is C=Cc1[nH]c2cccc(C)c2c1C(=O)OCC. The van der Waals surface area contributed by atoms with Crippen molar-refractivity contribution in [2.45, 2.75) is 13.8 Å². The highest BCUT2D eigenvalue weighted by Crippen LogP contribution is 2.27. The van der Waals surface area contributed by atoms with Crippen molar-refractivity contribution < 1.29 is 9.53 Å². The Hall–Kier alpha value is -2.03. The van der Waals surface area contributed by atoms with E-state index in [2.05, 4.69) is 11.6 Å². The van der Waals surface area contributed by atoms with Gasteiger partial charge < -0.3 is 9.72 Å². The van der Waals surface area contributed by atoms with E-state index in [4.69, 9.17) is 4.74 Å². The smallest absolute Gasteiger partial charge is 0.340 e. The number of nitrogens with one attached hydrogen (secondary N) is 1. The van der Waals surface area contributed by atoms with Crippen LogP contribution in [0.1, 0.15) is 28.5 Å². The van der Waals surface area contributed by atoms with Gasteiger partial charge >= 0.3 is 5.97 Å². The third kappa shape index (κ3) is 1.84. The number of carbonyl (C=O) groups excluding carboxylic acids is 1. The summed E-state index contributed by atoms with van der Waals surface area (Å²) in [6.07, 6.45) is 1.64. The van der Waals surface area contributed by atoms with Crippen LogP contribution in [0.5, 0.6) is 0 Å². The maximum Gasteiger partial charge on any atom is 0.340 e. The Bertz CT molecular complexity index is 581. The largest absolute Gasteiger partial charge is 0.462 e. The number of hydrogen-bond acceptors (Lipinski definition) is 2. The van der Waals surface area contributed by atoms with Gasteiger partial charge in [-0.3, -0.25) is 0 Å². The lowest BCUT2D eigenvalue weighted by Gasteiger charge is -2.03. The van der Waals surface area contributed by atoms with Crippen LogP contribution in [-0.4, -0.2) is 17.6 Å². The zero-order valence-electron chi connectivity index (χ0n) is 10.0. The van der Waals surface area contributed by atoms with Crippen molar-refractivity contribution in [3.63, 3.8) is 0 Å². The van der Waals surface area contributed by atoms with Crippen molar-refractivity contribution in [2.24, 2.45) is 0 Å². The molecule has 0 atom stereocenters. The predicted octanol–water partition coefficient (Wildman–Crippen LogP) is 3.30. The molecule has 0 aliphatic carbocycles. The third-order valence-corrected chi connectivity index (χ3v) is 2.75. The minimum Gasteiger partial charge on any atom is -0.462 e. The molecule has 0 unspecified atom stereocenters. The first-order valence-corrected chi connectivity index (χ1v) is 5.59. The molecule has 0 spiro atoms. The van der Waals surface area contributed by atoms with Gasteiger partial charge in [0.2, 0.25) is 0 Å². The van der Waals surface area contributed by atoms with Gasteiger partial charge in [0.1, 0.15) is 0 Å². The maximum atomic E-state index is 12.0. The second kappa shape index (κ2) is 4.45. The summed E-state index contributed by atoms with van der Waals surface area (Å²) in [7, 11) is 0. The van der Waals surface area contributed by atoms with Crippen molar-refractivity contribution in [1.82, 2.24) is 4.98 Å². The van der Waals surface area contributed by atoms with Crippen LogP contribution in [0.2, 0.25) is 0 Å². The first-order chi connectivity index (χ1) is 8.19. The van der Waals surface area contributed by atoms with Crippen LogP contribution in [0, 0.1) is 6.92 Å². The monoisotopic (exact) mass is 229 g/mol. The van der Waals surface area contributed by atoms with Gasteiger partial charge in [-0.25, -0.2) is 4.79 Å². The second-order valence-electron chi connectivity index (χ2n) is 3.84. The summed E-state index contributed by atoms with van der Waals surface area (Å²) in [5, 5.41) is 0.917. The number of aromatic amines is 1. The number of H-pyrrole nitrogens is 1. The average molecular weight is 229 g/mol. The van der Waals surface area contributed by atoms with Crippen molar-refractivity contribution in [2.75, 3.05) is 6.61 Å². The van der Waals surface area contributed by atoms with Gasteiger partial charge in [-0.05, 0) is 31.6 Å². The molecule has 1 N–H and O–H groups in total. The Morgan fingerprint density at radius 3 is 2.94 bits per heavy atom. The zero-order chi connectivity index (χ0) is 12.4. The lowest BCUT2D eigenvalue weighted by Crippen LogP contribution is -2.05. The fraction of sp³-hybridized carbons (Fsp3) is 0.214. The summed E-state index contributed by atoms with van der Waals surface area (Å²) in [6, 6.07) is 5.87. The van der Waals surface area contributed by atoms with Crippen LogP contribution >= 0.6 is 0 Å². The van der Waals surface area contributed by atoms with Crippen molar-refractivity contribution >= 4 is 22.9 Å². The van der Waals surface area contributed by atoms with Crippen LogP contribution in [0.25, 0.3) is 17.0 Å². The number of aryl methyl sites for hydroxylation is 1. The highest BCUT2D eigenvalue weighted by Gasteiger charge is 2.18. The van der Waals surface area contributed by atoms with E-state index in [0.717, 1.165) is 16.5 Å². The van der Waals surface area contributed by atoms with Gasteiger partial charge in [0.25, 0.3) is 0 Å². The van der Waals surface area contributed by atoms with Crippen molar-refractivity contribution in [1.29, 1.82) is 0 Å². The van der Waals surface area contributed by atoms with E-state index in [1.54, 1.807) is 13.0 Å². The molecule has 0 amide bonds. The average Bonchev–Trinajstić information content (AvgIpc) is 2.69. The summed E-state index contributed by atoms with van der Waals surface area (Å²) in [5.41, 5.74) is 3.28. The lowest BCUT2D eigenvalue weighted by molar-refractivity contribution is 0.0528.